The first-order chi connectivity index (χ1) is 7.22. The summed E-state index contributed by atoms with van der Waals surface area (Å²) in [6, 6.07) is 0.648. The first-order valence-corrected chi connectivity index (χ1v) is 6.59. The Bertz CT molecular complexity index is 227. The summed E-state index contributed by atoms with van der Waals surface area (Å²) in [4.78, 5) is 11.0. The molecule has 1 unspecified atom stereocenters. The van der Waals surface area contributed by atoms with Crippen molar-refractivity contribution < 1.29 is 9.53 Å². The molecule has 0 amide bonds. The summed E-state index contributed by atoms with van der Waals surface area (Å²) >= 11 is 3.33. The third-order valence-electron chi connectivity index (χ3n) is 3.25. The van der Waals surface area contributed by atoms with Crippen LogP contribution >= 0.6 is 15.9 Å². The van der Waals surface area contributed by atoms with Crippen molar-refractivity contribution in [2.24, 2.45) is 11.8 Å². The highest BCUT2D eigenvalue weighted by atomic mass is 79.9. The third kappa shape index (κ3) is 3.18. The van der Waals surface area contributed by atoms with Gasteiger partial charge in [-0.05, 0) is 37.5 Å². The minimum absolute atomic E-state index is 0.187. The number of rotatable bonds is 6. The molecule has 2 aliphatic carbocycles. The number of halogens is 1. The lowest BCUT2D eigenvalue weighted by Crippen LogP contribution is -2.39. The minimum Gasteiger partial charge on any atom is -0.468 e. The van der Waals surface area contributed by atoms with Crippen molar-refractivity contribution in [3.63, 3.8) is 0 Å². The first-order valence-electron chi connectivity index (χ1n) is 5.67. The van der Waals surface area contributed by atoms with Gasteiger partial charge in [0.15, 0.2) is 0 Å². The molecule has 1 N–H and O–H groups in total. The van der Waals surface area contributed by atoms with Crippen LogP contribution in [0, 0.1) is 11.8 Å². The predicted octanol–water partition coefficient (Wildman–Crippen LogP) is 1.70. The zero-order valence-electron chi connectivity index (χ0n) is 9.04. The van der Waals surface area contributed by atoms with E-state index in [1.54, 1.807) is 0 Å². The summed E-state index contributed by atoms with van der Waals surface area (Å²) in [5, 5.41) is 3.51. The monoisotopic (exact) mass is 275 g/mol. The van der Waals surface area contributed by atoms with Crippen molar-refractivity contribution in [3.8, 4) is 0 Å². The Labute approximate surface area is 99.1 Å². The largest absolute Gasteiger partial charge is 0.468 e. The van der Waals surface area contributed by atoms with Gasteiger partial charge in [0.1, 0.15) is 4.83 Å². The molecule has 0 heterocycles. The van der Waals surface area contributed by atoms with Crippen LogP contribution in [-0.4, -0.2) is 30.5 Å². The molecule has 2 fully saturated rings. The molecule has 2 rings (SSSR count). The number of hydrogen-bond donors (Lipinski definition) is 1. The lowest BCUT2D eigenvalue weighted by molar-refractivity contribution is -0.139. The van der Waals surface area contributed by atoms with Gasteiger partial charge in [-0.3, -0.25) is 4.79 Å². The molecule has 86 valence electrons. The molecule has 2 aliphatic rings. The van der Waals surface area contributed by atoms with Crippen molar-refractivity contribution in [1.29, 1.82) is 0 Å². The lowest BCUT2D eigenvalue weighted by Gasteiger charge is -2.19. The second-order valence-corrected chi connectivity index (χ2v) is 5.70. The van der Waals surface area contributed by atoms with E-state index >= 15 is 0 Å². The molecule has 0 aromatic heterocycles. The van der Waals surface area contributed by atoms with E-state index < -0.39 is 0 Å². The Kier molecular flexibility index (Phi) is 3.67. The summed E-state index contributed by atoms with van der Waals surface area (Å²) in [6.07, 6.45) is 5.44. The molecule has 15 heavy (non-hydrogen) atoms. The molecule has 0 aliphatic heterocycles. The number of carbonyl (C=O) groups excluding carboxylic acids is 1. The molecule has 4 heteroatoms. The first kappa shape index (κ1) is 11.4. The Hall–Kier alpha value is -0.0900. The van der Waals surface area contributed by atoms with Crippen LogP contribution < -0.4 is 5.32 Å². The Morgan fingerprint density at radius 2 is 1.93 bits per heavy atom. The van der Waals surface area contributed by atoms with Crippen LogP contribution in [0.1, 0.15) is 25.7 Å². The highest BCUT2D eigenvalue weighted by Gasteiger charge is 2.41. The number of esters is 1. The van der Waals surface area contributed by atoms with Gasteiger partial charge < -0.3 is 10.1 Å². The Balaban J connectivity index is 1.72. The average molecular weight is 276 g/mol. The van der Waals surface area contributed by atoms with Gasteiger partial charge in [0.05, 0.1) is 7.11 Å². The standard InChI is InChI=1S/C11H18BrNO2/c1-15-11(14)9(12)6-13-10(7-2-3-7)8-4-5-8/h7-10,13H,2-6H2,1H3. The maximum atomic E-state index is 11.2. The topological polar surface area (TPSA) is 38.3 Å². The van der Waals surface area contributed by atoms with E-state index in [1.165, 1.54) is 32.8 Å². The van der Waals surface area contributed by atoms with Gasteiger partial charge in [-0.2, -0.15) is 0 Å². The molecule has 0 aromatic rings. The molecule has 0 spiro atoms. The van der Waals surface area contributed by atoms with Crippen LogP contribution in [0.5, 0.6) is 0 Å². The fourth-order valence-corrected chi connectivity index (χ4v) is 2.45. The van der Waals surface area contributed by atoms with Gasteiger partial charge in [-0.25, -0.2) is 0 Å². The van der Waals surface area contributed by atoms with Gasteiger partial charge in [0.25, 0.3) is 0 Å². The summed E-state index contributed by atoms with van der Waals surface area (Å²) < 4.78 is 4.67. The van der Waals surface area contributed by atoms with Gasteiger partial charge in [0, 0.05) is 12.6 Å². The summed E-state index contributed by atoms with van der Waals surface area (Å²) in [5.74, 6) is 1.55. The SMILES string of the molecule is COC(=O)C(Br)CNC(C1CC1)C1CC1. The van der Waals surface area contributed by atoms with Crippen LogP contribution in [0.4, 0.5) is 0 Å². The quantitative estimate of drug-likeness (QED) is 0.593. The molecule has 0 radical (unpaired) electrons. The van der Waals surface area contributed by atoms with Crippen molar-refractivity contribution in [1.82, 2.24) is 5.32 Å². The number of alkyl halides is 1. The third-order valence-corrected chi connectivity index (χ3v) is 3.95. The lowest BCUT2D eigenvalue weighted by atomic mass is 10.1. The Morgan fingerprint density at radius 1 is 1.40 bits per heavy atom. The summed E-state index contributed by atoms with van der Waals surface area (Å²) in [7, 11) is 1.43. The number of hydrogen-bond acceptors (Lipinski definition) is 3. The maximum Gasteiger partial charge on any atom is 0.320 e. The fourth-order valence-electron chi connectivity index (χ4n) is 2.08. The number of nitrogens with one attached hydrogen (secondary N) is 1. The van der Waals surface area contributed by atoms with Crippen LogP contribution in [0.3, 0.4) is 0 Å². The number of ether oxygens (including phenoxy) is 1. The van der Waals surface area contributed by atoms with Crippen LogP contribution in [0.2, 0.25) is 0 Å². The normalized spacial score (nSPS) is 22.9. The van der Waals surface area contributed by atoms with E-state index in [2.05, 4.69) is 26.0 Å². The van der Waals surface area contributed by atoms with Gasteiger partial charge >= 0.3 is 5.97 Å². The fraction of sp³-hybridized carbons (Fsp3) is 0.909. The van der Waals surface area contributed by atoms with E-state index in [0.717, 1.165) is 11.8 Å². The maximum absolute atomic E-state index is 11.2. The van der Waals surface area contributed by atoms with Crippen LogP contribution in [0.25, 0.3) is 0 Å². The zero-order valence-corrected chi connectivity index (χ0v) is 10.6. The van der Waals surface area contributed by atoms with Crippen molar-refractivity contribution in [2.45, 2.75) is 36.6 Å². The Morgan fingerprint density at radius 3 is 2.33 bits per heavy atom. The molecular formula is C11H18BrNO2. The van der Waals surface area contributed by atoms with Crippen molar-refractivity contribution in [3.05, 3.63) is 0 Å². The van der Waals surface area contributed by atoms with Gasteiger partial charge in [0.2, 0.25) is 0 Å². The zero-order chi connectivity index (χ0) is 10.8. The van der Waals surface area contributed by atoms with Crippen molar-refractivity contribution in [2.75, 3.05) is 13.7 Å². The van der Waals surface area contributed by atoms with Crippen LogP contribution in [0.15, 0.2) is 0 Å². The van der Waals surface area contributed by atoms with E-state index in [1.807, 2.05) is 0 Å². The number of carbonyl (C=O) groups is 1. The van der Waals surface area contributed by atoms with Crippen molar-refractivity contribution >= 4 is 21.9 Å². The smallest absolute Gasteiger partial charge is 0.320 e. The second-order valence-electron chi connectivity index (χ2n) is 4.60. The summed E-state index contributed by atoms with van der Waals surface area (Å²) in [6.45, 7) is 0.685. The van der Waals surface area contributed by atoms with Gasteiger partial charge in [-0.15, -0.1) is 0 Å². The van der Waals surface area contributed by atoms with E-state index in [-0.39, 0.29) is 10.8 Å². The van der Waals surface area contributed by atoms with E-state index in [4.69, 9.17) is 0 Å². The van der Waals surface area contributed by atoms with Crippen LogP contribution in [-0.2, 0) is 9.53 Å². The molecule has 0 bridgehead atoms. The van der Waals surface area contributed by atoms with Gasteiger partial charge in [-0.1, -0.05) is 15.9 Å². The highest BCUT2D eigenvalue weighted by molar-refractivity contribution is 9.10. The summed E-state index contributed by atoms with van der Waals surface area (Å²) in [5.41, 5.74) is 0. The molecule has 0 saturated heterocycles. The molecule has 3 nitrogen and oxygen atoms in total. The minimum atomic E-state index is -0.206. The molecule has 0 aromatic carbocycles. The molecule has 1 atom stereocenters. The highest BCUT2D eigenvalue weighted by Crippen LogP contribution is 2.44. The average Bonchev–Trinajstić information content (AvgIpc) is 3.07. The second kappa shape index (κ2) is 4.83. The molecule has 2 saturated carbocycles. The number of methoxy groups -OCH3 is 1. The molecular weight excluding hydrogens is 258 g/mol. The predicted molar refractivity (Wildman–Crippen MR) is 62.0 cm³/mol. The van der Waals surface area contributed by atoms with E-state index in [9.17, 15) is 4.79 Å². The van der Waals surface area contributed by atoms with E-state index in [0.29, 0.717) is 12.6 Å².